The number of ether oxygens (including phenoxy) is 1. The van der Waals surface area contributed by atoms with E-state index in [1.165, 1.54) is 76.7 Å². The summed E-state index contributed by atoms with van der Waals surface area (Å²) < 4.78 is 6.25. The van der Waals surface area contributed by atoms with E-state index in [1.54, 1.807) is 0 Å². The molecule has 2 heteroatoms. The van der Waals surface area contributed by atoms with E-state index in [1.807, 2.05) is 18.2 Å². The molecule has 2 saturated carbocycles. The standard InChI is InChI=1S/C22H35NO/c1-2-3-7-19-9-11-21(12-10-19)18-24-22-15-13-20(14-16-22)8-5-4-6-17-23/h4-6,8,19-22H,2-3,7,9-16,18H2,1H3/b6-4+,8-5+. The fraction of sp³-hybridized carbons (Fsp3) is 0.773. The molecule has 2 fully saturated rings. The van der Waals surface area contributed by atoms with Crippen LogP contribution in [0.5, 0.6) is 0 Å². The van der Waals surface area contributed by atoms with Crippen LogP contribution in [0, 0.1) is 29.1 Å². The highest BCUT2D eigenvalue weighted by molar-refractivity contribution is 5.12. The minimum absolute atomic E-state index is 0.488. The van der Waals surface area contributed by atoms with Crippen molar-refractivity contribution in [1.29, 1.82) is 5.26 Å². The molecule has 0 aromatic heterocycles. The maximum absolute atomic E-state index is 8.47. The molecule has 0 aromatic rings. The molecule has 0 heterocycles. The van der Waals surface area contributed by atoms with Crippen molar-refractivity contribution in [2.24, 2.45) is 17.8 Å². The molecule has 0 saturated heterocycles. The average molecular weight is 330 g/mol. The van der Waals surface area contributed by atoms with E-state index in [2.05, 4.69) is 13.0 Å². The van der Waals surface area contributed by atoms with E-state index in [-0.39, 0.29) is 0 Å². The lowest BCUT2D eigenvalue weighted by atomic mass is 9.80. The molecule has 0 atom stereocenters. The maximum Gasteiger partial charge on any atom is 0.0912 e. The number of nitrogens with zero attached hydrogens (tertiary/aromatic N) is 1. The van der Waals surface area contributed by atoms with Crippen molar-refractivity contribution in [2.45, 2.75) is 83.7 Å². The zero-order chi connectivity index (χ0) is 17.0. The van der Waals surface area contributed by atoms with Gasteiger partial charge in [0, 0.05) is 12.7 Å². The van der Waals surface area contributed by atoms with Crippen LogP contribution in [0.25, 0.3) is 0 Å². The summed E-state index contributed by atoms with van der Waals surface area (Å²) in [6.07, 6.45) is 22.8. The van der Waals surface area contributed by atoms with Gasteiger partial charge in [0.15, 0.2) is 0 Å². The van der Waals surface area contributed by atoms with Gasteiger partial charge in [-0.25, -0.2) is 0 Å². The number of hydrogen-bond donors (Lipinski definition) is 0. The zero-order valence-corrected chi connectivity index (χ0v) is 15.5. The van der Waals surface area contributed by atoms with Crippen molar-refractivity contribution in [2.75, 3.05) is 6.61 Å². The highest BCUT2D eigenvalue weighted by atomic mass is 16.5. The van der Waals surface area contributed by atoms with Gasteiger partial charge in [0.1, 0.15) is 0 Å². The first-order valence-electron chi connectivity index (χ1n) is 10.2. The van der Waals surface area contributed by atoms with Gasteiger partial charge < -0.3 is 4.74 Å². The molecule has 2 aliphatic carbocycles. The first-order valence-corrected chi connectivity index (χ1v) is 10.2. The third-order valence-corrected chi connectivity index (χ3v) is 5.88. The van der Waals surface area contributed by atoms with Gasteiger partial charge in [0.2, 0.25) is 0 Å². The third-order valence-electron chi connectivity index (χ3n) is 5.88. The predicted molar refractivity (Wildman–Crippen MR) is 101 cm³/mol. The number of nitriles is 1. The van der Waals surface area contributed by atoms with Crippen LogP contribution >= 0.6 is 0 Å². The molecule has 0 radical (unpaired) electrons. The zero-order valence-electron chi connectivity index (χ0n) is 15.5. The van der Waals surface area contributed by atoms with E-state index in [9.17, 15) is 0 Å². The topological polar surface area (TPSA) is 33.0 Å². The SMILES string of the molecule is CCCCC1CCC(COC2CCC(/C=C/C=C/C#N)CC2)CC1. The van der Waals surface area contributed by atoms with Gasteiger partial charge in [-0.2, -0.15) is 5.26 Å². The molecule has 2 aliphatic rings. The summed E-state index contributed by atoms with van der Waals surface area (Å²) in [6, 6.07) is 2.02. The van der Waals surface area contributed by atoms with Crippen LogP contribution in [0.15, 0.2) is 24.3 Å². The number of hydrogen-bond acceptors (Lipinski definition) is 2. The maximum atomic E-state index is 8.47. The molecule has 24 heavy (non-hydrogen) atoms. The van der Waals surface area contributed by atoms with Gasteiger partial charge in [0.05, 0.1) is 12.2 Å². The Morgan fingerprint density at radius 1 is 0.958 bits per heavy atom. The van der Waals surface area contributed by atoms with Gasteiger partial charge in [-0.15, -0.1) is 0 Å². The number of allylic oxidation sites excluding steroid dienone is 4. The van der Waals surface area contributed by atoms with Crippen LogP contribution in [0.2, 0.25) is 0 Å². The van der Waals surface area contributed by atoms with Crippen LogP contribution < -0.4 is 0 Å². The minimum Gasteiger partial charge on any atom is -0.378 e. The average Bonchev–Trinajstić information content (AvgIpc) is 2.64. The smallest absolute Gasteiger partial charge is 0.0912 e. The summed E-state index contributed by atoms with van der Waals surface area (Å²) in [5, 5.41) is 8.47. The van der Waals surface area contributed by atoms with Crippen LogP contribution in [-0.2, 0) is 4.74 Å². The van der Waals surface area contributed by atoms with E-state index in [0.29, 0.717) is 12.0 Å². The molecule has 0 aliphatic heterocycles. The normalized spacial score (nSPS) is 31.5. The summed E-state index contributed by atoms with van der Waals surface area (Å²) >= 11 is 0. The van der Waals surface area contributed by atoms with Crippen molar-refractivity contribution in [3.8, 4) is 6.07 Å². The van der Waals surface area contributed by atoms with Crippen molar-refractivity contribution in [3.05, 3.63) is 24.3 Å². The lowest BCUT2D eigenvalue weighted by Gasteiger charge is -2.31. The molecule has 0 unspecified atom stereocenters. The molecule has 0 bridgehead atoms. The second-order valence-electron chi connectivity index (χ2n) is 7.77. The fourth-order valence-corrected chi connectivity index (χ4v) is 4.22. The van der Waals surface area contributed by atoms with E-state index in [4.69, 9.17) is 10.00 Å². The fourth-order valence-electron chi connectivity index (χ4n) is 4.22. The number of rotatable bonds is 8. The molecule has 134 valence electrons. The van der Waals surface area contributed by atoms with Crippen LogP contribution in [-0.4, -0.2) is 12.7 Å². The lowest BCUT2D eigenvalue weighted by Crippen LogP contribution is -2.25. The Balaban J connectivity index is 1.56. The first kappa shape index (κ1) is 19.3. The first-order chi connectivity index (χ1) is 11.8. The van der Waals surface area contributed by atoms with Crippen molar-refractivity contribution >= 4 is 0 Å². The molecule has 0 amide bonds. The van der Waals surface area contributed by atoms with Crippen LogP contribution in [0.3, 0.4) is 0 Å². The van der Waals surface area contributed by atoms with Crippen molar-refractivity contribution < 1.29 is 4.74 Å². The molecular weight excluding hydrogens is 294 g/mol. The minimum atomic E-state index is 0.488. The van der Waals surface area contributed by atoms with E-state index < -0.39 is 0 Å². The Labute approximate surface area is 149 Å². The molecular formula is C22H35NO. The van der Waals surface area contributed by atoms with E-state index in [0.717, 1.165) is 18.4 Å². The Morgan fingerprint density at radius 3 is 2.33 bits per heavy atom. The highest BCUT2D eigenvalue weighted by Crippen LogP contribution is 2.33. The summed E-state index contributed by atoms with van der Waals surface area (Å²) in [7, 11) is 0. The number of unbranched alkanes of at least 4 members (excludes halogenated alkanes) is 1. The summed E-state index contributed by atoms with van der Waals surface area (Å²) in [6.45, 7) is 3.30. The van der Waals surface area contributed by atoms with Gasteiger partial charge in [0.25, 0.3) is 0 Å². The van der Waals surface area contributed by atoms with Crippen LogP contribution in [0.4, 0.5) is 0 Å². The Morgan fingerprint density at radius 2 is 1.67 bits per heavy atom. The Bertz CT molecular complexity index is 418. The Hall–Kier alpha value is -1.07. The van der Waals surface area contributed by atoms with Gasteiger partial charge in [-0.05, 0) is 56.3 Å². The third kappa shape index (κ3) is 7.22. The Kier molecular flexibility index (Phi) is 9.21. The predicted octanol–water partition coefficient (Wildman–Crippen LogP) is 6.19. The monoisotopic (exact) mass is 329 g/mol. The quantitative estimate of drug-likeness (QED) is 0.392. The van der Waals surface area contributed by atoms with Gasteiger partial charge in [-0.1, -0.05) is 57.3 Å². The summed E-state index contributed by atoms with van der Waals surface area (Å²) in [4.78, 5) is 0. The van der Waals surface area contributed by atoms with Crippen LogP contribution in [0.1, 0.15) is 77.6 Å². The molecule has 0 aromatic carbocycles. The second kappa shape index (κ2) is 11.5. The second-order valence-corrected chi connectivity index (χ2v) is 7.77. The summed E-state index contributed by atoms with van der Waals surface area (Å²) in [5.41, 5.74) is 0. The summed E-state index contributed by atoms with van der Waals surface area (Å²) in [5.74, 6) is 2.48. The largest absolute Gasteiger partial charge is 0.378 e. The van der Waals surface area contributed by atoms with Gasteiger partial charge in [-0.3, -0.25) is 0 Å². The highest BCUT2D eigenvalue weighted by Gasteiger charge is 2.24. The van der Waals surface area contributed by atoms with E-state index >= 15 is 0 Å². The molecule has 0 N–H and O–H groups in total. The van der Waals surface area contributed by atoms with Crippen molar-refractivity contribution in [1.82, 2.24) is 0 Å². The molecule has 2 nitrogen and oxygen atoms in total. The van der Waals surface area contributed by atoms with Crippen molar-refractivity contribution in [3.63, 3.8) is 0 Å². The molecule has 0 spiro atoms. The lowest BCUT2D eigenvalue weighted by molar-refractivity contribution is -0.00662. The van der Waals surface area contributed by atoms with Gasteiger partial charge >= 0.3 is 0 Å². The molecule has 2 rings (SSSR count).